The van der Waals surface area contributed by atoms with Gasteiger partial charge >= 0.3 is 0 Å². The number of rotatable bonds is 3. The van der Waals surface area contributed by atoms with E-state index in [1.807, 2.05) is 0 Å². The van der Waals surface area contributed by atoms with E-state index in [4.69, 9.17) is 0 Å². The summed E-state index contributed by atoms with van der Waals surface area (Å²) < 4.78 is 0. The summed E-state index contributed by atoms with van der Waals surface area (Å²) >= 11 is 0. The van der Waals surface area contributed by atoms with Crippen molar-refractivity contribution in [2.24, 2.45) is 0 Å². The first-order chi connectivity index (χ1) is 9.42. The maximum absolute atomic E-state index is 4.33. The highest BCUT2D eigenvalue weighted by Gasteiger charge is 2.09. The fourth-order valence-electron chi connectivity index (χ4n) is 2.38. The predicted octanol–water partition coefficient (Wildman–Crippen LogP) is 2.96. The van der Waals surface area contributed by atoms with Crippen molar-refractivity contribution in [1.82, 2.24) is 15.0 Å². The normalized spacial score (nSPS) is 16.2. The summed E-state index contributed by atoms with van der Waals surface area (Å²) in [5.41, 5.74) is 6.59. The van der Waals surface area contributed by atoms with E-state index in [0.717, 1.165) is 30.0 Å². The standard InChI is InChI=1S/C15H18N4/c1-2-9-19(10-3-1)18-14-6-4-5-13(11-14)15-12-16-7-8-17-15/h4-8,11-12,18H,1-3,9-10H2. The molecule has 1 fully saturated rings. The third kappa shape index (κ3) is 3.09. The molecule has 1 aromatic carbocycles. The van der Waals surface area contributed by atoms with Gasteiger partial charge in [-0.3, -0.25) is 9.97 Å². The van der Waals surface area contributed by atoms with Gasteiger partial charge in [0.2, 0.25) is 0 Å². The van der Waals surface area contributed by atoms with E-state index in [2.05, 4.69) is 44.7 Å². The number of nitrogens with zero attached hydrogens (tertiary/aromatic N) is 3. The number of aromatic nitrogens is 2. The summed E-state index contributed by atoms with van der Waals surface area (Å²) in [6, 6.07) is 8.33. The van der Waals surface area contributed by atoms with E-state index < -0.39 is 0 Å². The summed E-state index contributed by atoms with van der Waals surface area (Å²) in [5, 5.41) is 2.29. The second-order valence-corrected chi connectivity index (χ2v) is 4.83. The Kier molecular flexibility index (Phi) is 3.70. The summed E-state index contributed by atoms with van der Waals surface area (Å²) in [7, 11) is 0. The zero-order chi connectivity index (χ0) is 12.9. The Hall–Kier alpha value is -1.94. The van der Waals surface area contributed by atoms with Crippen LogP contribution in [0, 0.1) is 0 Å². The summed E-state index contributed by atoms with van der Waals surface area (Å²) in [4.78, 5) is 8.45. The number of piperidine rings is 1. The molecule has 3 rings (SSSR count). The smallest absolute Gasteiger partial charge is 0.0885 e. The highest BCUT2D eigenvalue weighted by atomic mass is 15.5. The van der Waals surface area contributed by atoms with Gasteiger partial charge in [-0.1, -0.05) is 18.6 Å². The molecule has 1 aliphatic heterocycles. The molecule has 98 valence electrons. The van der Waals surface area contributed by atoms with Crippen LogP contribution in [0.25, 0.3) is 11.3 Å². The fourth-order valence-corrected chi connectivity index (χ4v) is 2.38. The molecule has 19 heavy (non-hydrogen) atoms. The van der Waals surface area contributed by atoms with Crippen LogP contribution >= 0.6 is 0 Å². The first kappa shape index (κ1) is 12.1. The Morgan fingerprint density at radius 1 is 1.05 bits per heavy atom. The van der Waals surface area contributed by atoms with Crippen LogP contribution in [0.1, 0.15) is 19.3 Å². The van der Waals surface area contributed by atoms with E-state index in [1.165, 1.54) is 19.3 Å². The summed E-state index contributed by atoms with van der Waals surface area (Å²) in [5.74, 6) is 0. The number of nitrogens with one attached hydrogen (secondary N) is 1. The molecule has 1 aromatic heterocycles. The topological polar surface area (TPSA) is 41.0 Å². The molecule has 0 unspecified atom stereocenters. The van der Waals surface area contributed by atoms with Crippen molar-refractivity contribution < 1.29 is 0 Å². The van der Waals surface area contributed by atoms with Crippen molar-refractivity contribution in [2.75, 3.05) is 18.5 Å². The third-order valence-corrected chi connectivity index (χ3v) is 3.36. The number of hydrogen-bond acceptors (Lipinski definition) is 4. The number of anilines is 1. The van der Waals surface area contributed by atoms with Crippen molar-refractivity contribution in [3.8, 4) is 11.3 Å². The quantitative estimate of drug-likeness (QED) is 0.914. The van der Waals surface area contributed by atoms with Crippen LogP contribution in [0.3, 0.4) is 0 Å². The predicted molar refractivity (Wildman–Crippen MR) is 76.5 cm³/mol. The molecule has 4 heteroatoms. The van der Waals surface area contributed by atoms with Gasteiger partial charge in [0, 0.05) is 36.7 Å². The van der Waals surface area contributed by atoms with Crippen molar-refractivity contribution >= 4 is 5.69 Å². The van der Waals surface area contributed by atoms with Crippen molar-refractivity contribution in [3.05, 3.63) is 42.9 Å². The number of hydrogen-bond donors (Lipinski definition) is 1. The number of benzene rings is 1. The van der Waals surface area contributed by atoms with Gasteiger partial charge < -0.3 is 5.43 Å². The second kappa shape index (κ2) is 5.80. The molecule has 1 saturated heterocycles. The lowest BCUT2D eigenvalue weighted by atomic mass is 10.1. The molecule has 0 radical (unpaired) electrons. The molecule has 0 atom stereocenters. The van der Waals surface area contributed by atoms with Gasteiger partial charge in [-0.2, -0.15) is 0 Å². The van der Waals surface area contributed by atoms with Gasteiger partial charge in [0.1, 0.15) is 0 Å². The number of hydrazine groups is 1. The summed E-state index contributed by atoms with van der Waals surface area (Å²) in [6.07, 6.45) is 9.10. The van der Waals surface area contributed by atoms with E-state index in [1.54, 1.807) is 18.6 Å². The van der Waals surface area contributed by atoms with Crippen LogP contribution in [-0.2, 0) is 0 Å². The molecule has 1 N–H and O–H groups in total. The Bertz CT molecular complexity index is 521. The first-order valence-electron chi connectivity index (χ1n) is 6.80. The van der Waals surface area contributed by atoms with Crippen molar-refractivity contribution in [3.63, 3.8) is 0 Å². The van der Waals surface area contributed by atoms with Crippen LogP contribution < -0.4 is 5.43 Å². The Morgan fingerprint density at radius 3 is 2.74 bits per heavy atom. The highest BCUT2D eigenvalue weighted by Crippen LogP contribution is 2.21. The zero-order valence-electron chi connectivity index (χ0n) is 10.9. The fraction of sp³-hybridized carbons (Fsp3) is 0.333. The van der Waals surface area contributed by atoms with Crippen LogP contribution in [0.15, 0.2) is 42.9 Å². The minimum atomic E-state index is 0.907. The van der Waals surface area contributed by atoms with E-state index in [9.17, 15) is 0 Å². The van der Waals surface area contributed by atoms with Gasteiger partial charge in [0.05, 0.1) is 11.9 Å². The molecular formula is C15H18N4. The van der Waals surface area contributed by atoms with Crippen LogP contribution in [-0.4, -0.2) is 28.1 Å². The lowest BCUT2D eigenvalue weighted by Gasteiger charge is -2.28. The van der Waals surface area contributed by atoms with Gasteiger partial charge in [0.15, 0.2) is 0 Å². The van der Waals surface area contributed by atoms with Crippen LogP contribution in [0.5, 0.6) is 0 Å². The molecule has 2 heterocycles. The zero-order valence-corrected chi connectivity index (χ0v) is 10.9. The van der Waals surface area contributed by atoms with Crippen LogP contribution in [0.4, 0.5) is 5.69 Å². The maximum atomic E-state index is 4.33. The van der Waals surface area contributed by atoms with Gasteiger partial charge in [0.25, 0.3) is 0 Å². The van der Waals surface area contributed by atoms with Crippen LogP contribution in [0.2, 0.25) is 0 Å². The minimum Gasteiger partial charge on any atom is -0.319 e. The van der Waals surface area contributed by atoms with Gasteiger partial charge in [-0.15, -0.1) is 0 Å². The molecule has 0 aliphatic carbocycles. The van der Waals surface area contributed by atoms with E-state index in [-0.39, 0.29) is 0 Å². The Labute approximate surface area is 113 Å². The average molecular weight is 254 g/mol. The Balaban J connectivity index is 1.76. The second-order valence-electron chi connectivity index (χ2n) is 4.83. The van der Waals surface area contributed by atoms with E-state index >= 15 is 0 Å². The first-order valence-corrected chi connectivity index (χ1v) is 6.80. The third-order valence-electron chi connectivity index (χ3n) is 3.36. The lowest BCUT2D eigenvalue weighted by Crippen LogP contribution is -2.34. The molecule has 1 aliphatic rings. The molecule has 0 amide bonds. The monoisotopic (exact) mass is 254 g/mol. The van der Waals surface area contributed by atoms with Crippen molar-refractivity contribution in [1.29, 1.82) is 0 Å². The summed E-state index contributed by atoms with van der Waals surface area (Å²) in [6.45, 7) is 2.24. The minimum absolute atomic E-state index is 0.907. The van der Waals surface area contributed by atoms with Gasteiger partial charge in [-0.05, 0) is 25.0 Å². The van der Waals surface area contributed by atoms with Gasteiger partial charge in [-0.25, -0.2) is 5.01 Å². The molecule has 0 spiro atoms. The molecule has 2 aromatic rings. The SMILES string of the molecule is c1cc(NN2CCCCC2)cc(-c2cnccn2)c1. The maximum Gasteiger partial charge on any atom is 0.0885 e. The Morgan fingerprint density at radius 2 is 1.95 bits per heavy atom. The lowest BCUT2D eigenvalue weighted by molar-refractivity contribution is 0.273. The largest absolute Gasteiger partial charge is 0.319 e. The molecule has 0 saturated carbocycles. The molecule has 0 bridgehead atoms. The molecule has 4 nitrogen and oxygen atoms in total. The molecular weight excluding hydrogens is 236 g/mol. The highest BCUT2D eigenvalue weighted by molar-refractivity contribution is 5.64. The average Bonchev–Trinajstić information content (AvgIpc) is 2.49. The van der Waals surface area contributed by atoms with Crippen molar-refractivity contribution in [2.45, 2.75) is 19.3 Å². The van der Waals surface area contributed by atoms with E-state index in [0.29, 0.717) is 0 Å².